The molecular weight excluding hydrogens is 558 g/mol. The fourth-order valence-electron chi connectivity index (χ4n) is 5.78. The second-order valence-electron chi connectivity index (χ2n) is 10.6. The van der Waals surface area contributed by atoms with Crippen molar-refractivity contribution in [3.05, 3.63) is 131 Å². The number of benzene rings is 4. The molecule has 1 heterocycles. The highest BCUT2D eigenvalue weighted by Gasteiger charge is 2.43. The van der Waals surface area contributed by atoms with Crippen LogP contribution < -0.4 is 9.47 Å². The number of fused-ring (bicyclic) bond motifs is 1. The van der Waals surface area contributed by atoms with Gasteiger partial charge in [0.2, 0.25) is 0 Å². The minimum atomic E-state index is -4.03. The van der Waals surface area contributed by atoms with Crippen molar-refractivity contribution >= 4 is 27.6 Å². The molecule has 0 saturated heterocycles. The minimum Gasteiger partial charge on any atom is -0.497 e. The molecule has 0 bridgehead atoms. The zero-order valence-electron chi connectivity index (χ0n) is 24.1. The Balaban J connectivity index is 1.52. The highest BCUT2D eigenvalue weighted by Crippen LogP contribution is 2.45. The zero-order valence-corrected chi connectivity index (χ0v) is 24.9. The summed E-state index contributed by atoms with van der Waals surface area (Å²) in [7, 11) is -0.732. The number of amidine groups is 1. The Bertz CT molecular complexity index is 1770. The molecule has 0 amide bonds. The molecule has 4 aromatic rings. The lowest BCUT2D eigenvalue weighted by atomic mass is 9.77. The predicted octanol–water partition coefficient (Wildman–Crippen LogP) is 7.14. The van der Waals surface area contributed by atoms with Crippen molar-refractivity contribution in [1.29, 1.82) is 0 Å². The first-order valence-corrected chi connectivity index (χ1v) is 15.7. The molecule has 0 aromatic heterocycles. The molecule has 2 aliphatic rings. The van der Waals surface area contributed by atoms with E-state index in [1.807, 2.05) is 83.9 Å². The summed E-state index contributed by atoms with van der Waals surface area (Å²) in [4.78, 5) is 0.133. The number of nitrogens with zero attached hydrogens (tertiary/aromatic N) is 3. The summed E-state index contributed by atoms with van der Waals surface area (Å²) in [5.74, 6) is 1.88. The van der Waals surface area contributed by atoms with Crippen molar-refractivity contribution in [2.45, 2.75) is 30.2 Å². The van der Waals surface area contributed by atoms with Crippen molar-refractivity contribution < 1.29 is 17.9 Å². The summed E-state index contributed by atoms with van der Waals surface area (Å²) in [6.07, 6.45) is 4.97. The standard InChI is InChI=1S/C35H33N3O4S/c1-41-29-20-16-25(17-21-29)24-28-12-9-15-32-33(28)36-38(34(32)26-18-22-30(42-2)23-19-26)35(27-10-5-3-6-11-27)37-43(39,40)31-13-7-4-8-14-31/h3-8,10-11,13-14,16-24,32,34H,9,12,15H2,1-2H3/b28-24+,37-35?/t32-,34-/m1/s1. The summed E-state index contributed by atoms with van der Waals surface area (Å²) in [6.45, 7) is 0. The lowest BCUT2D eigenvalue weighted by Crippen LogP contribution is -2.33. The Kier molecular flexibility index (Phi) is 8.11. The molecule has 6 rings (SSSR count). The van der Waals surface area contributed by atoms with E-state index in [2.05, 4.69) is 10.5 Å². The van der Waals surface area contributed by atoms with Crippen LogP contribution in [0.2, 0.25) is 0 Å². The molecule has 0 N–H and O–H groups in total. The van der Waals surface area contributed by atoms with Gasteiger partial charge in [0.05, 0.1) is 30.9 Å². The van der Waals surface area contributed by atoms with Crippen LogP contribution in [0.1, 0.15) is 42.0 Å². The van der Waals surface area contributed by atoms with Gasteiger partial charge in [-0.05, 0) is 78.4 Å². The summed E-state index contributed by atoms with van der Waals surface area (Å²) >= 11 is 0. The number of ether oxygens (including phenoxy) is 2. The van der Waals surface area contributed by atoms with Crippen molar-refractivity contribution in [2.24, 2.45) is 15.4 Å². The summed E-state index contributed by atoms with van der Waals surface area (Å²) in [6, 6.07) is 33.4. The number of hydrazone groups is 1. The van der Waals surface area contributed by atoms with E-state index in [4.69, 9.17) is 14.6 Å². The SMILES string of the molecule is COc1ccc(/C=C2\CCC[C@@H]3C2=NN(C(=NS(=O)(=O)c2ccccc2)c2ccccc2)[C@@H]3c2ccc(OC)cc2)cc1. The third-order valence-corrected chi connectivity index (χ3v) is 9.19. The van der Waals surface area contributed by atoms with Crippen LogP contribution in [0.5, 0.6) is 11.5 Å². The highest BCUT2D eigenvalue weighted by molar-refractivity contribution is 7.90. The van der Waals surface area contributed by atoms with Gasteiger partial charge in [0.15, 0.2) is 5.84 Å². The van der Waals surface area contributed by atoms with Crippen LogP contribution in [-0.2, 0) is 10.0 Å². The lowest BCUT2D eigenvalue weighted by molar-refractivity contribution is 0.304. The van der Waals surface area contributed by atoms with Crippen molar-refractivity contribution in [2.75, 3.05) is 14.2 Å². The number of sulfonamides is 1. The van der Waals surface area contributed by atoms with E-state index in [0.717, 1.165) is 53.2 Å². The largest absolute Gasteiger partial charge is 0.497 e. The fraction of sp³-hybridized carbons (Fsp3) is 0.200. The molecule has 8 heteroatoms. The normalized spacial score (nSPS) is 19.6. The Morgan fingerprint density at radius 3 is 2.07 bits per heavy atom. The smallest absolute Gasteiger partial charge is 0.284 e. The van der Waals surface area contributed by atoms with Crippen LogP contribution in [0, 0.1) is 5.92 Å². The van der Waals surface area contributed by atoms with E-state index in [9.17, 15) is 8.42 Å². The molecule has 0 spiro atoms. The number of allylic oxidation sites excluding steroid dienone is 1. The van der Waals surface area contributed by atoms with Gasteiger partial charge < -0.3 is 9.47 Å². The summed E-state index contributed by atoms with van der Waals surface area (Å²) < 4.78 is 42.6. The molecule has 1 fully saturated rings. The topological polar surface area (TPSA) is 80.6 Å². The van der Waals surface area contributed by atoms with Crippen LogP contribution in [0.4, 0.5) is 0 Å². The van der Waals surface area contributed by atoms with Crippen LogP contribution in [0.25, 0.3) is 6.08 Å². The molecular formula is C35H33N3O4S. The first-order chi connectivity index (χ1) is 21.0. The molecule has 2 atom stereocenters. The Labute approximate surface area is 252 Å². The van der Waals surface area contributed by atoms with E-state index < -0.39 is 10.0 Å². The van der Waals surface area contributed by atoms with Gasteiger partial charge in [-0.1, -0.05) is 72.8 Å². The maximum Gasteiger partial charge on any atom is 0.284 e. The lowest BCUT2D eigenvalue weighted by Gasteiger charge is -2.31. The van der Waals surface area contributed by atoms with Gasteiger partial charge in [-0.2, -0.15) is 13.5 Å². The number of methoxy groups -OCH3 is 2. The van der Waals surface area contributed by atoms with E-state index in [-0.39, 0.29) is 22.7 Å². The third-order valence-electron chi connectivity index (χ3n) is 7.91. The Morgan fingerprint density at radius 1 is 0.837 bits per heavy atom. The van der Waals surface area contributed by atoms with Crippen LogP contribution in [0.3, 0.4) is 0 Å². The first-order valence-electron chi connectivity index (χ1n) is 14.3. The molecule has 0 unspecified atom stereocenters. The van der Waals surface area contributed by atoms with E-state index >= 15 is 0 Å². The Hall–Kier alpha value is -4.69. The quantitative estimate of drug-likeness (QED) is 0.169. The van der Waals surface area contributed by atoms with Crippen LogP contribution in [0.15, 0.2) is 129 Å². The molecule has 218 valence electrons. The fourth-order valence-corrected chi connectivity index (χ4v) is 6.81. The van der Waals surface area contributed by atoms with Gasteiger partial charge in [0.1, 0.15) is 11.5 Å². The van der Waals surface area contributed by atoms with E-state index in [1.165, 1.54) is 0 Å². The second-order valence-corrected chi connectivity index (χ2v) is 12.2. The van der Waals surface area contributed by atoms with Gasteiger partial charge in [-0.15, -0.1) is 4.40 Å². The second kappa shape index (κ2) is 12.3. The average Bonchev–Trinajstić information content (AvgIpc) is 3.45. The van der Waals surface area contributed by atoms with E-state index in [0.29, 0.717) is 5.56 Å². The summed E-state index contributed by atoms with van der Waals surface area (Å²) in [5.41, 5.74) is 4.84. The predicted molar refractivity (Wildman–Crippen MR) is 170 cm³/mol. The summed E-state index contributed by atoms with van der Waals surface area (Å²) in [5, 5.41) is 7.03. The van der Waals surface area contributed by atoms with Gasteiger partial charge in [0.25, 0.3) is 10.0 Å². The number of hydrogen-bond acceptors (Lipinski definition) is 5. The third kappa shape index (κ3) is 5.96. The van der Waals surface area contributed by atoms with Crippen molar-refractivity contribution in [3.63, 3.8) is 0 Å². The molecule has 1 aliphatic carbocycles. The van der Waals surface area contributed by atoms with Crippen LogP contribution in [-0.4, -0.2) is 39.2 Å². The van der Waals surface area contributed by atoms with Gasteiger partial charge in [0, 0.05) is 11.5 Å². The molecule has 4 aromatic carbocycles. The number of hydrogen-bond donors (Lipinski definition) is 0. The van der Waals surface area contributed by atoms with Gasteiger partial charge in [-0.3, -0.25) is 0 Å². The highest BCUT2D eigenvalue weighted by atomic mass is 32.2. The molecule has 1 saturated carbocycles. The van der Waals surface area contributed by atoms with Crippen molar-refractivity contribution in [1.82, 2.24) is 5.01 Å². The maximum atomic E-state index is 13.7. The molecule has 0 radical (unpaired) electrons. The monoisotopic (exact) mass is 591 g/mol. The minimum absolute atomic E-state index is 0.0417. The molecule has 7 nitrogen and oxygen atoms in total. The first kappa shape index (κ1) is 28.4. The average molecular weight is 592 g/mol. The van der Waals surface area contributed by atoms with E-state index in [1.54, 1.807) is 44.6 Å². The van der Waals surface area contributed by atoms with Gasteiger partial charge in [-0.25, -0.2) is 5.01 Å². The molecule has 1 aliphatic heterocycles. The number of rotatable bonds is 7. The van der Waals surface area contributed by atoms with Gasteiger partial charge >= 0.3 is 0 Å². The maximum absolute atomic E-state index is 13.7. The van der Waals surface area contributed by atoms with Crippen LogP contribution >= 0.6 is 0 Å². The zero-order chi connectivity index (χ0) is 29.8. The Morgan fingerprint density at radius 2 is 1.44 bits per heavy atom. The molecule has 43 heavy (non-hydrogen) atoms. The van der Waals surface area contributed by atoms with Crippen molar-refractivity contribution in [3.8, 4) is 11.5 Å².